The van der Waals surface area contributed by atoms with Crippen molar-refractivity contribution in [1.82, 2.24) is 4.90 Å². The van der Waals surface area contributed by atoms with E-state index in [1.54, 1.807) is 11.0 Å². The highest BCUT2D eigenvalue weighted by Gasteiger charge is 2.19. The standard InChI is InChI=1S/C12H15NO2/c1-10-5-4-6-11(9-10)15-12(14)13-7-2-3-8-13/h4-6,9H,2-3,7-8H2,1H3. The predicted octanol–water partition coefficient (Wildman–Crippen LogP) is 2.59. The maximum absolute atomic E-state index is 11.6. The smallest absolute Gasteiger partial charge is 0.410 e. The van der Waals surface area contributed by atoms with E-state index in [0.29, 0.717) is 5.75 Å². The van der Waals surface area contributed by atoms with Crippen molar-refractivity contribution in [1.29, 1.82) is 0 Å². The Morgan fingerprint density at radius 3 is 2.73 bits per heavy atom. The lowest BCUT2D eigenvalue weighted by molar-refractivity contribution is 0.163. The van der Waals surface area contributed by atoms with Gasteiger partial charge in [0.2, 0.25) is 0 Å². The minimum Gasteiger partial charge on any atom is -0.410 e. The number of likely N-dealkylation sites (tertiary alicyclic amines) is 1. The molecule has 0 spiro atoms. The maximum atomic E-state index is 11.6. The van der Waals surface area contributed by atoms with Crippen molar-refractivity contribution in [2.24, 2.45) is 0 Å². The molecule has 1 amide bonds. The van der Waals surface area contributed by atoms with Crippen molar-refractivity contribution in [2.45, 2.75) is 19.8 Å². The summed E-state index contributed by atoms with van der Waals surface area (Å²) in [6.45, 7) is 3.63. The number of nitrogens with zero attached hydrogens (tertiary/aromatic N) is 1. The summed E-state index contributed by atoms with van der Waals surface area (Å²) in [7, 11) is 0. The molecule has 15 heavy (non-hydrogen) atoms. The predicted molar refractivity (Wildman–Crippen MR) is 58.0 cm³/mol. The molecule has 0 bridgehead atoms. The van der Waals surface area contributed by atoms with E-state index < -0.39 is 0 Å². The van der Waals surface area contributed by atoms with Crippen molar-refractivity contribution in [3.8, 4) is 5.75 Å². The van der Waals surface area contributed by atoms with Crippen LogP contribution in [0.2, 0.25) is 0 Å². The third-order valence-electron chi connectivity index (χ3n) is 2.56. The van der Waals surface area contributed by atoms with Gasteiger partial charge in [0.15, 0.2) is 0 Å². The van der Waals surface area contributed by atoms with Crippen molar-refractivity contribution in [3.63, 3.8) is 0 Å². The average Bonchev–Trinajstić information content (AvgIpc) is 2.70. The number of aryl methyl sites for hydroxylation is 1. The highest BCUT2D eigenvalue weighted by atomic mass is 16.6. The topological polar surface area (TPSA) is 29.5 Å². The largest absolute Gasteiger partial charge is 0.415 e. The summed E-state index contributed by atoms with van der Waals surface area (Å²) < 4.78 is 5.27. The number of rotatable bonds is 1. The second kappa shape index (κ2) is 4.34. The zero-order valence-electron chi connectivity index (χ0n) is 8.90. The molecule has 2 rings (SSSR count). The SMILES string of the molecule is Cc1cccc(OC(=O)N2CCCC2)c1. The number of ether oxygens (including phenoxy) is 1. The Hall–Kier alpha value is -1.51. The van der Waals surface area contributed by atoms with Gasteiger partial charge < -0.3 is 9.64 Å². The van der Waals surface area contributed by atoms with Gasteiger partial charge in [-0.3, -0.25) is 0 Å². The molecule has 0 aliphatic carbocycles. The van der Waals surface area contributed by atoms with Gasteiger partial charge in [0.25, 0.3) is 0 Å². The first-order valence-corrected chi connectivity index (χ1v) is 5.29. The van der Waals surface area contributed by atoms with Crippen molar-refractivity contribution < 1.29 is 9.53 Å². The Kier molecular flexibility index (Phi) is 2.90. The molecule has 0 saturated carbocycles. The zero-order valence-corrected chi connectivity index (χ0v) is 8.90. The average molecular weight is 205 g/mol. The lowest BCUT2D eigenvalue weighted by Gasteiger charge is -2.14. The van der Waals surface area contributed by atoms with Crippen LogP contribution in [0.15, 0.2) is 24.3 Å². The van der Waals surface area contributed by atoms with Crippen LogP contribution in [0.3, 0.4) is 0 Å². The molecule has 0 unspecified atom stereocenters. The minimum absolute atomic E-state index is 0.224. The van der Waals surface area contributed by atoms with Crippen LogP contribution in [0.25, 0.3) is 0 Å². The number of carbonyl (C=O) groups excluding carboxylic acids is 1. The first kappa shape index (κ1) is 10.0. The van der Waals surface area contributed by atoms with Crippen LogP contribution in [-0.4, -0.2) is 24.1 Å². The highest BCUT2D eigenvalue weighted by molar-refractivity contribution is 5.70. The van der Waals surface area contributed by atoms with E-state index in [-0.39, 0.29) is 6.09 Å². The third-order valence-corrected chi connectivity index (χ3v) is 2.56. The summed E-state index contributed by atoms with van der Waals surface area (Å²) in [5, 5.41) is 0. The second-order valence-corrected chi connectivity index (χ2v) is 3.88. The summed E-state index contributed by atoms with van der Waals surface area (Å²) in [6.07, 6.45) is 1.95. The molecular formula is C12H15NO2. The summed E-state index contributed by atoms with van der Waals surface area (Å²) in [5.74, 6) is 0.631. The highest BCUT2D eigenvalue weighted by Crippen LogP contribution is 2.15. The molecule has 1 saturated heterocycles. The molecule has 0 N–H and O–H groups in total. The van der Waals surface area contributed by atoms with E-state index in [9.17, 15) is 4.79 Å². The van der Waals surface area contributed by atoms with Gasteiger partial charge in [-0.05, 0) is 37.5 Å². The van der Waals surface area contributed by atoms with Crippen LogP contribution >= 0.6 is 0 Å². The van der Waals surface area contributed by atoms with E-state index in [4.69, 9.17) is 4.74 Å². The van der Waals surface area contributed by atoms with E-state index in [2.05, 4.69) is 0 Å². The molecule has 3 nitrogen and oxygen atoms in total. The summed E-state index contributed by atoms with van der Waals surface area (Å²) >= 11 is 0. The van der Waals surface area contributed by atoms with Crippen molar-refractivity contribution >= 4 is 6.09 Å². The Bertz CT molecular complexity index is 356. The van der Waals surface area contributed by atoms with Gasteiger partial charge in [-0.15, -0.1) is 0 Å². The molecule has 1 aliphatic rings. The Balaban J connectivity index is 1.99. The molecule has 1 fully saturated rings. The molecule has 1 aromatic rings. The van der Waals surface area contributed by atoms with Crippen molar-refractivity contribution in [2.75, 3.05) is 13.1 Å². The van der Waals surface area contributed by atoms with Gasteiger partial charge in [0, 0.05) is 13.1 Å². The zero-order chi connectivity index (χ0) is 10.7. The summed E-state index contributed by atoms with van der Waals surface area (Å²) in [5.41, 5.74) is 1.10. The monoisotopic (exact) mass is 205 g/mol. The third kappa shape index (κ3) is 2.49. The Labute approximate surface area is 89.7 Å². The number of hydrogen-bond donors (Lipinski definition) is 0. The van der Waals surface area contributed by atoms with E-state index in [1.807, 2.05) is 25.1 Å². The lowest BCUT2D eigenvalue weighted by Crippen LogP contribution is -2.30. The van der Waals surface area contributed by atoms with Crippen LogP contribution < -0.4 is 4.74 Å². The Morgan fingerprint density at radius 1 is 1.33 bits per heavy atom. The van der Waals surface area contributed by atoms with Gasteiger partial charge in [-0.2, -0.15) is 0 Å². The van der Waals surface area contributed by atoms with Crippen LogP contribution in [0.4, 0.5) is 4.79 Å². The second-order valence-electron chi connectivity index (χ2n) is 3.88. The molecule has 0 atom stereocenters. The van der Waals surface area contributed by atoms with Crippen LogP contribution in [-0.2, 0) is 0 Å². The van der Waals surface area contributed by atoms with Gasteiger partial charge in [0.1, 0.15) is 5.75 Å². The summed E-state index contributed by atoms with van der Waals surface area (Å²) in [6, 6.07) is 7.55. The van der Waals surface area contributed by atoms with Crippen LogP contribution in [0.5, 0.6) is 5.75 Å². The van der Waals surface area contributed by atoms with Gasteiger partial charge in [0.05, 0.1) is 0 Å². The van der Waals surface area contributed by atoms with E-state index in [1.165, 1.54) is 0 Å². The fourth-order valence-corrected chi connectivity index (χ4v) is 1.74. The molecule has 1 aliphatic heterocycles. The molecule has 1 heterocycles. The van der Waals surface area contributed by atoms with Crippen LogP contribution in [0.1, 0.15) is 18.4 Å². The molecule has 3 heteroatoms. The molecule has 80 valence electrons. The summed E-state index contributed by atoms with van der Waals surface area (Å²) in [4.78, 5) is 13.4. The fraction of sp³-hybridized carbons (Fsp3) is 0.417. The molecule has 0 radical (unpaired) electrons. The minimum atomic E-state index is -0.224. The van der Waals surface area contributed by atoms with E-state index in [0.717, 1.165) is 31.5 Å². The normalized spacial score (nSPS) is 15.4. The number of hydrogen-bond acceptors (Lipinski definition) is 2. The van der Waals surface area contributed by atoms with Gasteiger partial charge in [-0.1, -0.05) is 12.1 Å². The Morgan fingerprint density at radius 2 is 2.07 bits per heavy atom. The fourth-order valence-electron chi connectivity index (χ4n) is 1.74. The first-order chi connectivity index (χ1) is 7.25. The molecule has 0 aromatic heterocycles. The number of benzene rings is 1. The first-order valence-electron chi connectivity index (χ1n) is 5.29. The molecular weight excluding hydrogens is 190 g/mol. The number of carbonyl (C=O) groups is 1. The van der Waals surface area contributed by atoms with Gasteiger partial charge in [-0.25, -0.2) is 4.79 Å². The molecule has 1 aromatic carbocycles. The van der Waals surface area contributed by atoms with E-state index >= 15 is 0 Å². The quantitative estimate of drug-likeness (QED) is 0.705. The number of amides is 1. The van der Waals surface area contributed by atoms with Crippen molar-refractivity contribution in [3.05, 3.63) is 29.8 Å². The maximum Gasteiger partial charge on any atom is 0.415 e. The van der Waals surface area contributed by atoms with Gasteiger partial charge >= 0.3 is 6.09 Å². The van der Waals surface area contributed by atoms with Crippen LogP contribution in [0, 0.1) is 6.92 Å². The lowest BCUT2D eigenvalue weighted by atomic mass is 10.2.